The van der Waals surface area contributed by atoms with Gasteiger partial charge in [0.2, 0.25) is 0 Å². The molecule has 0 saturated carbocycles. The van der Waals surface area contributed by atoms with Gasteiger partial charge in [0, 0.05) is 22.6 Å². The molecule has 3 rings (SSSR count). The molecule has 1 aromatic rings. The monoisotopic (exact) mass is 414 g/mol. The zero-order valence-electron chi connectivity index (χ0n) is 14.3. The van der Waals surface area contributed by atoms with Gasteiger partial charge in [-0.3, -0.25) is 0 Å². The van der Waals surface area contributed by atoms with Gasteiger partial charge in [-0.1, -0.05) is 27.5 Å². The van der Waals surface area contributed by atoms with Crippen LogP contribution in [0.2, 0.25) is 5.02 Å². The molecule has 1 N–H and O–H groups in total. The first-order valence-corrected chi connectivity index (χ1v) is 9.63. The number of carbonyl (C=O) groups excluding carboxylic acids is 1. The molecule has 0 spiro atoms. The molecule has 2 fully saturated rings. The standard InChI is InChI=1S/C18H24BrClN2O2/c1-18(2,3)24-17(23)22-13-5-6-14(22)10-12(9-13)21-16-7-4-11(19)8-15(16)20/h4,7-8,12-14,21H,5-6,9-10H2,1-3H3. The Morgan fingerprint density at radius 1 is 1.29 bits per heavy atom. The van der Waals surface area contributed by atoms with E-state index in [4.69, 9.17) is 16.3 Å². The van der Waals surface area contributed by atoms with Crippen LogP contribution in [0.3, 0.4) is 0 Å². The smallest absolute Gasteiger partial charge is 0.410 e. The lowest BCUT2D eigenvalue weighted by Gasteiger charge is -2.40. The number of anilines is 1. The van der Waals surface area contributed by atoms with E-state index in [0.717, 1.165) is 35.8 Å². The Kier molecular flexibility index (Phi) is 5.03. The first kappa shape index (κ1) is 17.9. The first-order chi connectivity index (χ1) is 11.2. The molecule has 0 radical (unpaired) electrons. The van der Waals surface area contributed by atoms with Crippen molar-refractivity contribution in [2.75, 3.05) is 5.32 Å². The van der Waals surface area contributed by atoms with Gasteiger partial charge in [0.05, 0.1) is 10.7 Å². The predicted molar refractivity (Wildman–Crippen MR) is 101 cm³/mol. The summed E-state index contributed by atoms with van der Waals surface area (Å²) in [6, 6.07) is 6.72. The van der Waals surface area contributed by atoms with Gasteiger partial charge in [-0.05, 0) is 64.7 Å². The van der Waals surface area contributed by atoms with Crippen molar-refractivity contribution in [2.45, 2.75) is 70.2 Å². The minimum atomic E-state index is -0.448. The third-order valence-corrected chi connectivity index (χ3v) is 5.43. The Morgan fingerprint density at radius 3 is 2.46 bits per heavy atom. The molecular formula is C18H24BrClN2O2. The van der Waals surface area contributed by atoms with Gasteiger partial charge < -0.3 is 15.0 Å². The van der Waals surface area contributed by atoms with Crippen LogP contribution in [0.1, 0.15) is 46.5 Å². The quantitative estimate of drug-likeness (QED) is 0.699. The van der Waals surface area contributed by atoms with Crippen molar-refractivity contribution in [3.8, 4) is 0 Å². The van der Waals surface area contributed by atoms with Crippen LogP contribution >= 0.6 is 27.5 Å². The minimum absolute atomic E-state index is 0.171. The number of benzene rings is 1. The number of piperidine rings is 1. The second-order valence-corrected chi connectivity index (χ2v) is 9.03. The van der Waals surface area contributed by atoms with E-state index in [1.54, 1.807) is 0 Å². The third kappa shape index (κ3) is 3.99. The van der Waals surface area contributed by atoms with Crippen molar-refractivity contribution >= 4 is 39.3 Å². The predicted octanol–water partition coefficient (Wildman–Crippen LogP) is 5.44. The number of amides is 1. The molecule has 24 heavy (non-hydrogen) atoms. The lowest BCUT2D eigenvalue weighted by atomic mass is 9.97. The van der Waals surface area contributed by atoms with E-state index >= 15 is 0 Å². The zero-order chi connectivity index (χ0) is 17.5. The summed E-state index contributed by atoms with van der Waals surface area (Å²) in [5.41, 5.74) is 0.506. The summed E-state index contributed by atoms with van der Waals surface area (Å²) in [5.74, 6) is 0. The van der Waals surface area contributed by atoms with Gasteiger partial charge in [-0.2, -0.15) is 0 Å². The SMILES string of the molecule is CC(C)(C)OC(=O)N1C2CCC1CC(Nc1ccc(Br)cc1Cl)C2. The number of nitrogens with one attached hydrogen (secondary N) is 1. The van der Waals surface area contributed by atoms with Gasteiger partial charge in [-0.25, -0.2) is 4.79 Å². The van der Waals surface area contributed by atoms with E-state index in [1.807, 2.05) is 43.9 Å². The Hall–Kier alpha value is -0.940. The highest BCUT2D eigenvalue weighted by Gasteiger charge is 2.44. The van der Waals surface area contributed by atoms with Crippen LogP contribution in [-0.4, -0.2) is 34.7 Å². The second-order valence-electron chi connectivity index (χ2n) is 7.71. The topological polar surface area (TPSA) is 41.6 Å². The summed E-state index contributed by atoms with van der Waals surface area (Å²) in [6.45, 7) is 5.74. The molecule has 1 aromatic carbocycles. The molecule has 2 heterocycles. The van der Waals surface area contributed by atoms with Crippen molar-refractivity contribution in [2.24, 2.45) is 0 Å². The maximum Gasteiger partial charge on any atom is 0.410 e. The number of fused-ring (bicyclic) bond motifs is 2. The number of rotatable bonds is 2. The van der Waals surface area contributed by atoms with E-state index < -0.39 is 5.60 Å². The van der Waals surface area contributed by atoms with Gasteiger partial charge in [-0.15, -0.1) is 0 Å². The molecule has 0 aromatic heterocycles. The zero-order valence-corrected chi connectivity index (χ0v) is 16.7. The van der Waals surface area contributed by atoms with Gasteiger partial charge >= 0.3 is 6.09 Å². The van der Waals surface area contributed by atoms with E-state index in [9.17, 15) is 4.79 Å². The van der Waals surface area contributed by atoms with Crippen LogP contribution in [-0.2, 0) is 4.74 Å². The molecule has 2 bridgehead atoms. The Balaban J connectivity index is 1.66. The third-order valence-electron chi connectivity index (χ3n) is 4.63. The molecule has 0 aliphatic carbocycles. The summed E-state index contributed by atoms with van der Waals surface area (Å²) < 4.78 is 6.55. The normalized spacial score (nSPS) is 26.4. The summed E-state index contributed by atoms with van der Waals surface area (Å²) >= 11 is 9.74. The number of carbonyl (C=O) groups is 1. The van der Waals surface area contributed by atoms with Crippen LogP contribution < -0.4 is 5.32 Å². The molecule has 2 aliphatic rings. The molecular weight excluding hydrogens is 392 g/mol. The van der Waals surface area contributed by atoms with E-state index in [0.29, 0.717) is 11.1 Å². The van der Waals surface area contributed by atoms with E-state index in [2.05, 4.69) is 21.2 Å². The summed E-state index contributed by atoms with van der Waals surface area (Å²) in [6.07, 6.45) is 3.80. The lowest BCUT2D eigenvalue weighted by Crippen LogP contribution is -2.51. The van der Waals surface area contributed by atoms with Crippen molar-refractivity contribution in [1.29, 1.82) is 0 Å². The number of hydrogen-bond donors (Lipinski definition) is 1. The second kappa shape index (κ2) is 6.75. The molecule has 2 atom stereocenters. The summed E-state index contributed by atoms with van der Waals surface area (Å²) in [5, 5.41) is 4.27. The molecule has 4 nitrogen and oxygen atoms in total. The van der Waals surface area contributed by atoms with Crippen molar-refractivity contribution < 1.29 is 9.53 Å². The number of nitrogens with zero attached hydrogens (tertiary/aromatic N) is 1. The summed E-state index contributed by atoms with van der Waals surface area (Å²) in [4.78, 5) is 14.5. The maximum absolute atomic E-state index is 12.5. The number of hydrogen-bond acceptors (Lipinski definition) is 3. The minimum Gasteiger partial charge on any atom is -0.444 e. The highest BCUT2D eigenvalue weighted by Crippen LogP contribution is 2.38. The number of halogens is 2. The van der Waals surface area contributed by atoms with Crippen LogP contribution in [0, 0.1) is 0 Å². The van der Waals surface area contributed by atoms with Crippen LogP contribution in [0.25, 0.3) is 0 Å². The highest BCUT2D eigenvalue weighted by molar-refractivity contribution is 9.10. The Labute approximate surface area is 157 Å². The van der Waals surface area contributed by atoms with Crippen molar-refractivity contribution in [1.82, 2.24) is 4.90 Å². The average Bonchev–Trinajstić information content (AvgIpc) is 2.72. The highest BCUT2D eigenvalue weighted by atomic mass is 79.9. The van der Waals surface area contributed by atoms with Crippen molar-refractivity contribution in [3.05, 3.63) is 27.7 Å². The maximum atomic E-state index is 12.5. The number of ether oxygens (including phenoxy) is 1. The van der Waals surface area contributed by atoms with E-state index in [1.165, 1.54) is 0 Å². The van der Waals surface area contributed by atoms with Crippen LogP contribution in [0.4, 0.5) is 10.5 Å². The molecule has 2 aliphatic heterocycles. The fraction of sp³-hybridized carbons (Fsp3) is 0.611. The first-order valence-electron chi connectivity index (χ1n) is 8.46. The molecule has 132 valence electrons. The fourth-order valence-corrected chi connectivity index (χ4v) is 4.46. The van der Waals surface area contributed by atoms with Crippen LogP contribution in [0.5, 0.6) is 0 Å². The van der Waals surface area contributed by atoms with E-state index in [-0.39, 0.29) is 18.2 Å². The largest absolute Gasteiger partial charge is 0.444 e. The molecule has 2 saturated heterocycles. The van der Waals surface area contributed by atoms with Crippen LogP contribution in [0.15, 0.2) is 22.7 Å². The Morgan fingerprint density at radius 2 is 1.92 bits per heavy atom. The summed E-state index contributed by atoms with van der Waals surface area (Å²) in [7, 11) is 0. The van der Waals surface area contributed by atoms with Gasteiger partial charge in [0.1, 0.15) is 5.60 Å². The van der Waals surface area contributed by atoms with Gasteiger partial charge in [0.15, 0.2) is 0 Å². The molecule has 1 amide bonds. The lowest BCUT2D eigenvalue weighted by molar-refractivity contribution is 0.00684. The Bertz CT molecular complexity index is 618. The molecule has 2 unspecified atom stereocenters. The average molecular weight is 416 g/mol. The van der Waals surface area contributed by atoms with Gasteiger partial charge in [0.25, 0.3) is 0 Å². The molecule has 6 heteroatoms. The fourth-order valence-electron chi connectivity index (χ4n) is 3.73. The van der Waals surface area contributed by atoms with Crippen molar-refractivity contribution in [3.63, 3.8) is 0 Å².